The summed E-state index contributed by atoms with van der Waals surface area (Å²) in [6.07, 6.45) is 0. The lowest BCUT2D eigenvalue weighted by molar-refractivity contribution is 0.0601. The zero-order chi connectivity index (χ0) is 15.6. The van der Waals surface area contributed by atoms with Crippen LogP contribution in [0.4, 0.5) is 4.39 Å². The van der Waals surface area contributed by atoms with E-state index in [0.717, 1.165) is 10.4 Å². The van der Waals surface area contributed by atoms with E-state index in [9.17, 15) is 17.9 Å². The van der Waals surface area contributed by atoms with E-state index in [1.165, 1.54) is 33.1 Å². The van der Waals surface area contributed by atoms with Gasteiger partial charge in [-0.2, -0.15) is 4.31 Å². The molecular weight excluding hydrogens is 285 g/mol. The third-order valence-corrected chi connectivity index (χ3v) is 4.59. The summed E-state index contributed by atoms with van der Waals surface area (Å²) in [4.78, 5) is -0.165. The Kier molecular flexibility index (Phi) is 5.12. The van der Waals surface area contributed by atoms with Crippen LogP contribution in [0.1, 0.15) is 20.8 Å². The van der Waals surface area contributed by atoms with Gasteiger partial charge in [0.05, 0.1) is 17.6 Å². The van der Waals surface area contributed by atoms with E-state index in [1.807, 2.05) is 0 Å². The lowest BCUT2D eigenvalue weighted by Gasteiger charge is -2.27. The van der Waals surface area contributed by atoms with E-state index in [1.54, 1.807) is 6.92 Å². The molecule has 114 valence electrons. The number of sulfonamides is 1. The van der Waals surface area contributed by atoms with Gasteiger partial charge in [0.2, 0.25) is 10.0 Å². The van der Waals surface area contributed by atoms with Crippen molar-refractivity contribution in [3.8, 4) is 5.75 Å². The molecule has 0 saturated carbocycles. The number of methoxy groups -OCH3 is 1. The number of hydrogen-bond donors (Lipinski definition) is 1. The third-order valence-electron chi connectivity index (χ3n) is 2.68. The molecule has 20 heavy (non-hydrogen) atoms. The van der Waals surface area contributed by atoms with Crippen LogP contribution < -0.4 is 4.74 Å². The maximum atomic E-state index is 13.6. The molecule has 0 fully saturated rings. The summed E-state index contributed by atoms with van der Waals surface area (Å²) in [7, 11) is -2.55. The van der Waals surface area contributed by atoms with Crippen LogP contribution in [0.25, 0.3) is 0 Å². The first-order chi connectivity index (χ1) is 9.11. The second kappa shape index (κ2) is 6.07. The minimum absolute atomic E-state index is 0.0190. The van der Waals surface area contributed by atoms with E-state index >= 15 is 0 Å². The smallest absolute Gasteiger partial charge is 0.243 e. The van der Waals surface area contributed by atoms with Crippen LogP contribution >= 0.6 is 0 Å². The van der Waals surface area contributed by atoms with Gasteiger partial charge in [0, 0.05) is 13.1 Å². The van der Waals surface area contributed by atoms with E-state index in [0.29, 0.717) is 0 Å². The molecule has 0 amide bonds. The molecule has 1 N–H and O–H groups in total. The van der Waals surface area contributed by atoms with Gasteiger partial charge < -0.3 is 9.84 Å². The first-order valence-electron chi connectivity index (χ1n) is 6.18. The molecule has 0 heterocycles. The second-order valence-corrected chi connectivity index (χ2v) is 6.98. The molecule has 0 bridgehead atoms. The summed E-state index contributed by atoms with van der Waals surface area (Å²) in [6, 6.07) is 3.46. The molecule has 0 atom stereocenters. The first kappa shape index (κ1) is 16.9. The van der Waals surface area contributed by atoms with Crippen LogP contribution in [0.5, 0.6) is 5.75 Å². The zero-order valence-electron chi connectivity index (χ0n) is 12.1. The fourth-order valence-electron chi connectivity index (χ4n) is 1.75. The minimum Gasteiger partial charge on any atom is -0.494 e. The van der Waals surface area contributed by atoms with Crippen LogP contribution in [0.3, 0.4) is 0 Å². The Morgan fingerprint density at radius 1 is 1.40 bits per heavy atom. The van der Waals surface area contributed by atoms with Gasteiger partial charge in [-0.05, 0) is 32.0 Å². The summed E-state index contributed by atoms with van der Waals surface area (Å²) >= 11 is 0. The molecule has 0 saturated heterocycles. The van der Waals surface area contributed by atoms with Gasteiger partial charge in [-0.25, -0.2) is 12.8 Å². The Morgan fingerprint density at radius 3 is 2.40 bits per heavy atom. The number of halogens is 1. The number of nitrogens with zero attached hydrogens (tertiary/aromatic N) is 1. The molecule has 7 heteroatoms. The standard InChI is InChI=1S/C13H20FNO4S/c1-5-15(9-13(2,3)16)20(17,18)10-6-7-12(19-4)11(14)8-10/h6-8,16H,5,9H2,1-4H3. The number of aliphatic hydroxyl groups is 1. The lowest BCUT2D eigenvalue weighted by Crippen LogP contribution is -2.42. The van der Waals surface area contributed by atoms with Gasteiger partial charge in [-0.3, -0.25) is 0 Å². The molecule has 0 spiro atoms. The third kappa shape index (κ3) is 3.91. The Balaban J connectivity index is 3.17. The van der Waals surface area contributed by atoms with Gasteiger partial charge in [0.15, 0.2) is 11.6 Å². The van der Waals surface area contributed by atoms with Crippen LogP contribution in [-0.4, -0.2) is 43.6 Å². The normalized spacial score (nSPS) is 12.8. The molecule has 5 nitrogen and oxygen atoms in total. The van der Waals surface area contributed by atoms with Crippen LogP contribution in [0, 0.1) is 5.82 Å². The van der Waals surface area contributed by atoms with E-state index in [2.05, 4.69) is 0 Å². The summed E-state index contributed by atoms with van der Waals surface area (Å²) < 4.78 is 44.3. The number of benzene rings is 1. The molecule has 0 unspecified atom stereocenters. The Morgan fingerprint density at radius 2 is 2.00 bits per heavy atom. The summed E-state index contributed by atoms with van der Waals surface area (Å²) in [6.45, 7) is 4.79. The lowest BCUT2D eigenvalue weighted by atomic mass is 10.1. The number of rotatable bonds is 6. The molecule has 1 aromatic rings. The molecule has 1 aromatic carbocycles. The van der Waals surface area contributed by atoms with Gasteiger partial charge in [0.25, 0.3) is 0 Å². The molecule has 1 rings (SSSR count). The number of hydrogen-bond acceptors (Lipinski definition) is 4. The largest absolute Gasteiger partial charge is 0.494 e. The predicted molar refractivity (Wildman–Crippen MR) is 73.7 cm³/mol. The van der Waals surface area contributed by atoms with Gasteiger partial charge in [0.1, 0.15) is 0 Å². The van der Waals surface area contributed by atoms with Crippen LogP contribution in [0.2, 0.25) is 0 Å². The van der Waals surface area contributed by atoms with E-state index in [-0.39, 0.29) is 23.7 Å². The molecular formula is C13H20FNO4S. The fourth-order valence-corrected chi connectivity index (χ4v) is 3.37. The van der Waals surface area contributed by atoms with Gasteiger partial charge in [-0.1, -0.05) is 6.92 Å². The zero-order valence-corrected chi connectivity index (χ0v) is 12.9. The van der Waals surface area contributed by atoms with Crippen LogP contribution in [-0.2, 0) is 10.0 Å². The highest BCUT2D eigenvalue weighted by Crippen LogP contribution is 2.24. The highest BCUT2D eigenvalue weighted by molar-refractivity contribution is 7.89. The van der Waals surface area contributed by atoms with Crippen molar-refractivity contribution in [1.29, 1.82) is 0 Å². The Bertz CT molecular complexity index is 566. The minimum atomic E-state index is -3.85. The maximum Gasteiger partial charge on any atom is 0.243 e. The van der Waals surface area contributed by atoms with Crippen molar-refractivity contribution in [3.63, 3.8) is 0 Å². The quantitative estimate of drug-likeness (QED) is 0.867. The number of likely N-dealkylation sites (N-methyl/N-ethyl adjacent to an activating group) is 1. The van der Waals surface area contributed by atoms with Crippen molar-refractivity contribution < 1.29 is 22.7 Å². The van der Waals surface area contributed by atoms with Crippen molar-refractivity contribution in [1.82, 2.24) is 4.31 Å². The topological polar surface area (TPSA) is 66.8 Å². The summed E-state index contributed by atoms with van der Waals surface area (Å²) in [5, 5.41) is 9.77. The van der Waals surface area contributed by atoms with Gasteiger partial charge >= 0.3 is 0 Å². The van der Waals surface area contributed by atoms with Crippen molar-refractivity contribution in [2.75, 3.05) is 20.2 Å². The molecule has 0 radical (unpaired) electrons. The molecule has 0 aliphatic rings. The Hall–Kier alpha value is -1.18. The van der Waals surface area contributed by atoms with Gasteiger partial charge in [-0.15, -0.1) is 0 Å². The fraction of sp³-hybridized carbons (Fsp3) is 0.538. The Labute approximate surface area is 119 Å². The van der Waals surface area contributed by atoms with Crippen molar-refractivity contribution in [3.05, 3.63) is 24.0 Å². The monoisotopic (exact) mass is 305 g/mol. The summed E-state index contributed by atoms with van der Waals surface area (Å²) in [5.74, 6) is -0.762. The highest BCUT2D eigenvalue weighted by atomic mass is 32.2. The highest BCUT2D eigenvalue weighted by Gasteiger charge is 2.29. The number of ether oxygens (including phenoxy) is 1. The molecule has 0 aliphatic carbocycles. The maximum absolute atomic E-state index is 13.6. The van der Waals surface area contributed by atoms with Crippen LogP contribution in [0.15, 0.2) is 23.1 Å². The van der Waals surface area contributed by atoms with Crippen molar-refractivity contribution in [2.24, 2.45) is 0 Å². The SMILES string of the molecule is CCN(CC(C)(C)O)S(=O)(=O)c1ccc(OC)c(F)c1. The van der Waals surface area contributed by atoms with Crippen molar-refractivity contribution in [2.45, 2.75) is 31.3 Å². The molecule has 0 aliphatic heterocycles. The average Bonchev–Trinajstić information content (AvgIpc) is 2.34. The first-order valence-corrected chi connectivity index (χ1v) is 7.62. The average molecular weight is 305 g/mol. The predicted octanol–water partition coefficient (Wildman–Crippen LogP) is 1.62. The second-order valence-electron chi connectivity index (χ2n) is 5.04. The molecule has 0 aromatic heterocycles. The van der Waals surface area contributed by atoms with E-state index < -0.39 is 21.4 Å². The van der Waals surface area contributed by atoms with E-state index in [4.69, 9.17) is 4.74 Å². The van der Waals surface area contributed by atoms with Crippen molar-refractivity contribution >= 4 is 10.0 Å². The summed E-state index contributed by atoms with van der Waals surface area (Å²) in [5.41, 5.74) is -1.17.